The van der Waals surface area contributed by atoms with Crippen LogP contribution in [-0.4, -0.2) is 78.1 Å². The van der Waals surface area contributed by atoms with Crippen molar-refractivity contribution in [3.63, 3.8) is 0 Å². The minimum Gasteiger partial charge on any atom is -0.481 e. The molecule has 0 aliphatic carbocycles. The van der Waals surface area contributed by atoms with Crippen molar-refractivity contribution < 1.29 is 43.8 Å². The number of rotatable bonds is 15. The average Bonchev–Trinajstić information content (AvgIpc) is 3.33. The maximum atomic E-state index is 12.7. The molecule has 0 bridgehead atoms. The maximum absolute atomic E-state index is 12.7. The molecule has 3 unspecified atom stereocenters. The molecule has 3 rings (SSSR count). The van der Waals surface area contributed by atoms with Crippen LogP contribution in [0.25, 0.3) is 0 Å². The summed E-state index contributed by atoms with van der Waals surface area (Å²) in [6.07, 6.45) is -2.42. The lowest BCUT2D eigenvalue weighted by molar-refractivity contribution is -0.201. The third kappa shape index (κ3) is 19.2. The van der Waals surface area contributed by atoms with E-state index in [1.54, 1.807) is 0 Å². The van der Waals surface area contributed by atoms with E-state index in [0.717, 1.165) is 5.56 Å². The van der Waals surface area contributed by atoms with Crippen molar-refractivity contribution in [3.05, 3.63) is 84.6 Å². The molecule has 0 aromatic heterocycles. The number of carbonyl (C=O) groups is 4. The molecule has 1 aliphatic heterocycles. The van der Waals surface area contributed by atoms with Gasteiger partial charge in [0.25, 0.3) is 5.91 Å². The summed E-state index contributed by atoms with van der Waals surface area (Å²) in [7, 11) is 0. The van der Waals surface area contributed by atoms with Crippen LogP contribution >= 0.6 is 0 Å². The van der Waals surface area contributed by atoms with Crippen molar-refractivity contribution in [1.29, 1.82) is 0 Å². The predicted molar refractivity (Wildman–Crippen MR) is 180 cm³/mol. The summed E-state index contributed by atoms with van der Waals surface area (Å²) in [6.45, 7) is 9.84. The summed E-state index contributed by atoms with van der Waals surface area (Å²) in [5, 5.41) is 29.7. The molecular formula is C33H52N6O9. The van der Waals surface area contributed by atoms with Gasteiger partial charge in [0.05, 0.1) is 25.6 Å². The highest BCUT2D eigenvalue weighted by molar-refractivity contribution is 5.85. The van der Waals surface area contributed by atoms with Crippen molar-refractivity contribution in [2.24, 2.45) is 0 Å². The van der Waals surface area contributed by atoms with Gasteiger partial charge in [0.15, 0.2) is 6.10 Å². The molecule has 15 nitrogen and oxygen atoms in total. The van der Waals surface area contributed by atoms with Gasteiger partial charge >= 0.3 is 12.1 Å². The molecule has 2 aromatic carbocycles. The fourth-order valence-electron chi connectivity index (χ4n) is 3.99. The number of hydrogen-bond donors (Lipinski definition) is 8. The second-order valence-electron chi connectivity index (χ2n) is 10.0. The Kier molecular flexibility index (Phi) is 24.0. The Morgan fingerprint density at radius 1 is 1.00 bits per heavy atom. The highest BCUT2D eigenvalue weighted by atomic mass is 16.9. The monoisotopic (exact) mass is 676 g/mol. The Morgan fingerprint density at radius 3 is 2.19 bits per heavy atom. The fraction of sp³-hybridized carbons (Fsp3) is 0.455. The zero-order chi connectivity index (χ0) is 34.9. The minimum atomic E-state index is -1.59. The molecule has 1 saturated heterocycles. The second-order valence-corrected chi connectivity index (χ2v) is 10.0. The van der Waals surface area contributed by atoms with Gasteiger partial charge in [0, 0.05) is 18.7 Å². The van der Waals surface area contributed by atoms with Gasteiger partial charge in [0.2, 0.25) is 5.91 Å². The van der Waals surface area contributed by atoms with E-state index in [0.29, 0.717) is 18.5 Å². The Bertz CT molecular complexity index is 1160. The number of carboxylic acids is 1. The van der Waals surface area contributed by atoms with E-state index in [2.05, 4.69) is 33.5 Å². The van der Waals surface area contributed by atoms with Crippen LogP contribution in [0.4, 0.5) is 4.79 Å². The van der Waals surface area contributed by atoms with Gasteiger partial charge < -0.3 is 42.4 Å². The molecule has 1 aliphatic rings. The minimum absolute atomic E-state index is 0. The molecule has 268 valence electrons. The van der Waals surface area contributed by atoms with Crippen LogP contribution in [0.5, 0.6) is 0 Å². The molecule has 0 radical (unpaired) electrons. The molecule has 3 amide bonds. The van der Waals surface area contributed by atoms with E-state index in [9.17, 15) is 24.3 Å². The van der Waals surface area contributed by atoms with Crippen molar-refractivity contribution in [2.75, 3.05) is 19.7 Å². The summed E-state index contributed by atoms with van der Waals surface area (Å²) in [5.41, 5.74) is 3.44. The van der Waals surface area contributed by atoms with Crippen LogP contribution in [0, 0.1) is 0 Å². The molecule has 1 heterocycles. The van der Waals surface area contributed by atoms with Gasteiger partial charge in [-0.25, -0.2) is 4.79 Å². The molecule has 2 aromatic rings. The van der Waals surface area contributed by atoms with Crippen LogP contribution in [0.3, 0.4) is 0 Å². The van der Waals surface area contributed by atoms with Gasteiger partial charge in [-0.3, -0.25) is 24.1 Å². The molecule has 48 heavy (non-hydrogen) atoms. The molecular weight excluding hydrogens is 624 g/mol. The number of ether oxygens (including phenoxy) is 1. The summed E-state index contributed by atoms with van der Waals surface area (Å²) in [6, 6.07) is 19.9. The third-order valence-corrected chi connectivity index (χ3v) is 6.27. The second kappa shape index (κ2) is 26.5. The molecule has 0 saturated carbocycles. The first-order valence-electron chi connectivity index (χ1n) is 15.6. The molecule has 4 atom stereocenters. The summed E-state index contributed by atoms with van der Waals surface area (Å²) in [4.78, 5) is 58.0. The lowest BCUT2D eigenvalue weighted by Crippen LogP contribution is -2.49. The van der Waals surface area contributed by atoms with E-state index in [1.807, 2.05) is 87.5 Å². The number of carboxylic acid groups (broad SMARTS) is 1. The van der Waals surface area contributed by atoms with E-state index in [4.69, 9.17) is 19.5 Å². The molecule has 1 fully saturated rings. The number of hydrogen-bond acceptors (Lipinski definition) is 11. The summed E-state index contributed by atoms with van der Waals surface area (Å²) in [5.74, 6) is -2.28. The van der Waals surface area contributed by atoms with Crippen LogP contribution in [0.1, 0.15) is 52.0 Å². The summed E-state index contributed by atoms with van der Waals surface area (Å²) < 4.78 is 5.20. The van der Waals surface area contributed by atoms with Crippen LogP contribution in [0.2, 0.25) is 0 Å². The number of aliphatic carboxylic acids is 1. The van der Waals surface area contributed by atoms with Gasteiger partial charge in [-0.2, -0.15) is 0 Å². The van der Waals surface area contributed by atoms with Crippen LogP contribution in [0.15, 0.2) is 79.0 Å². The lowest BCUT2D eigenvalue weighted by Gasteiger charge is -2.24. The standard InChI is InChI=1S/C25H37N5O9.C6H6.C2H6.H3N/c1-3-7-19(29-25(36)37-14-17-8-5-4-6-9-17)23(34)27-13-16(2)28-18-12-20(39-30-38-15-18)22(33)24(35)26-11-10-21(31)32;1-2-4-6-5-3-1;1-2;/h4-6,8-9,18-20,22,28,30,33H,2-3,7,10-15H2,1H3,(H,26,35)(H,27,34)(H,29,36)(H,31,32);1-6H;1-2H3;1H3/t18?,19-,20?,22?;;;/m0.../s1. The highest BCUT2D eigenvalue weighted by Gasteiger charge is 2.32. The third-order valence-electron chi connectivity index (χ3n) is 6.27. The smallest absolute Gasteiger partial charge is 0.408 e. The largest absolute Gasteiger partial charge is 0.481 e. The fourth-order valence-corrected chi connectivity index (χ4v) is 3.99. The van der Waals surface area contributed by atoms with Crippen molar-refractivity contribution in [3.8, 4) is 0 Å². The first-order chi connectivity index (χ1) is 22.7. The Morgan fingerprint density at radius 2 is 1.60 bits per heavy atom. The number of benzene rings is 2. The van der Waals surface area contributed by atoms with E-state index in [1.165, 1.54) is 0 Å². The van der Waals surface area contributed by atoms with Gasteiger partial charge in [-0.05, 0) is 12.0 Å². The maximum Gasteiger partial charge on any atom is 0.408 e. The normalized spacial score (nSPS) is 16.2. The zero-order valence-electron chi connectivity index (χ0n) is 28.0. The van der Waals surface area contributed by atoms with Gasteiger partial charge in [-0.1, -0.05) is 106 Å². The number of aliphatic hydroxyl groups excluding tert-OH is 1. The Balaban J connectivity index is 0.00000217. The van der Waals surface area contributed by atoms with Crippen LogP contribution < -0.4 is 33.1 Å². The first kappa shape index (κ1) is 43.5. The Hall–Kier alpha value is -4.54. The van der Waals surface area contributed by atoms with E-state index in [-0.39, 0.29) is 45.3 Å². The van der Waals surface area contributed by atoms with Crippen molar-refractivity contribution >= 4 is 23.9 Å². The van der Waals surface area contributed by atoms with Gasteiger partial charge in [0.1, 0.15) is 18.8 Å². The number of nitrogens with one attached hydrogen (secondary N) is 5. The van der Waals surface area contributed by atoms with Crippen molar-refractivity contribution in [2.45, 2.75) is 77.4 Å². The number of amides is 3. The number of carbonyl (C=O) groups excluding carboxylic acids is 3. The number of alkyl carbamates (subject to hydrolysis) is 1. The van der Waals surface area contributed by atoms with Crippen LogP contribution in [-0.2, 0) is 35.4 Å². The molecule has 0 spiro atoms. The van der Waals surface area contributed by atoms with Gasteiger partial charge in [-0.15, -0.1) is 0 Å². The Labute approximate surface area is 282 Å². The molecule has 10 N–H and O–H groups in total. The summed E-state index contributed by atoms with van der Waals surface area (Å²) >= 11 is 0. The lowest BCUT2D eigenvalue weighted by atomic mass is 10.0. The zero-order valence-corrected chi connectivity index (χ0v) is 28.0. The average molecular weight is 677 g/mol. The first-order valence-corrected chi connectivity index (χ1v) is 15.6. The van der Waals surface area contributed by atoms with Crippen molar-refractivity contribution in [1.82, 2.24) is 33.1 Å². The number of aliphatic hydroxyl groups is 1. The predicted octanol–water partition coefficient (Wildman–Crippen LogP) is 2.72. The quantitative estimate of drug-likeness (QED) is 0.136. The SMILES string of the molecule is C=C(CNC(=O)[C@H](CCC)NC(=O)OCc1ccccc1)NC1CONOC(C(O)C(=O)NCCC(=O)O)C1.CC.N.c1ccccc1. The van der Waals surface area contributed by atoms with E-state index >= 15 is 0 Å². The van der Waals surface area contributed by atoms with E-state index < -0.39 is 48.2 Å². The molecule has 15 heteroatoms. The topological polar surface area (TPSA) is 232 Å². The highest BCUT2D eigenvalue weighted by Crippen LogP contribution is 2.12.